The van der Waals surface area contributed by atoms with Crippen molar-refractivity contribution in [2.45, 2.75) is 24.8 Å². The predicted molar refractivity (Wildman–Crippen MR) is 107 cm³/mol. The summed E-state index contributed by atoms with van der Waals surface area (Å²) in [5, 5.41) is 6.80. The second-order valence-electron chi connectivity index (χ2n) is 8.22. The zero-order valence-electron chi connectivity index (χ0n) is 16.9. The normalized spacial score (nSPS) is 28.8. The van der Waals surface area contributed by atoms with E-state index in [1.807, 2.05) is 42.5 Å². The van der Waals surface area contributed by atoms with Crippen LogP contribution in [0.25, 0.3) is 0 Å². The number of nitrogens with zero attached hydrogens (tertiary/aromatic N) is 3. The number of ether oxygens (including phenoxy) is 2. The summed E-state index contributed by atoms with van der Waals surface area (Å²) in [6.07, 6.45) is 5.22. The fraction of sp³-hybridized carbons (Fsp3) is 0.409. The Morgan fingerprint density at radius 3 is 3.07 bits per heavy atom. The molecule has 8 nitrogen and oxygen atoms in total. The average molecular weight is 408 g/mol. The summed E-state index contributed by atoms with van der Waals surface area (Å²) in [5.74, 6) is -0.357. The van der Waals surface area contributed by atoms with E-state index in [-0.39, 0.29) is 17.9 Å². The van der Waals surface area contributed by atoms with Crippen LogP contribution in [0, 0.1) is 11.8 Å². The first-order chi connectivity index (χ1) is 14.5. The van der Waals surface area contributed by atoms with Gasteiger partial charge in [-0.25, -0.2) is 0 Å². The first-order valence-corrected chi connectivity index (χ1v) is 10.0. The van der Waals surface area contributed by atoms with Crippen LogP contribution in [0.3, 0.4) is 0 Å². The van der Waals surface area contributed by atoms with Gasteiger partial charge in [0.2, 0.25) is 11.8 Å². The van der Waals surface area contributed by atoms with Gasteiger partial charge in [0, 0.05) is 19.8 Å². The van der Waals surface area contributed by atoms with Crippen LogP contribution in [0.2, 0.25) is 0 Å². The van der Waals surface area contributed by atoms with Gasteiger partial charge in [0.25, 0.3) is 0 Å². The molecule has 3 aliphatic rings. The zero-order chi connectivity index (χ0) is 20.9. The molecule has 1 spiro atoms. The largest absolute Gasteiger partial charge is 0.497 e. The molecule has 4 heterocycles. The van der Waals surface area contributed by atoms with Crippen LogP contribution in [0.4, 0.5) is 0 Å². The third kappa shape index (κ3) is 2.90. The number of hydrogen-bond acceptors (Lipinski definition) is 5. The molecule has 0 saturated carbocycles. The summed E-state index contributed by atoms with van der Waals surface area (Å²) in [4.78, 5) is 30.1. The van der Waals surface area contributed by atoms with E-state index in [9.17, 15) is 9.59 Å². The molecule has 5 rings (SSSR count). The number of carbonyl (C=O) groups excluding carboxylic acids is 2. The summed E-state index contributed by atoms with van der Waals surface area (Å²) >= 11 is 0. The molecule has 2 fully saturated rings. The number of fused-ring (bicyclic) bond motifs is 1. The van der Waals surface area contributed by atoms with E-state index in [1.54, 1.807) is 30.2 Å². The van der Waals surface area contributed by atoms with E-state index in [2.05, 4.69) is 10.2 Å². The maximum absolute atomic E-state index is 13.4. The number of hydrogen-bond donors (Lipinski definition) is 1. The van der Waals surface area contributed by atoms with Gasteiger partial charge in [-0.3, -0.25) is 14.7 Å². The summed E-state index contributed by atoms with van der Waals surface area (Å²) < 4.78 is 11.5. The molecule has 2 saturated heterocycles. The Kier molecular flexibility index (Phi) is 4.39. The number of rotatable bonds is 6. The fourth-order valence-electron chi connectivity index (χ4n) is 4.95. The van der Waals surface area contributed by atoms with Crippen molar-refractivity contribution in [3.05, 3.63) is 59.9 Å². The van der Waals surface area contributed by atoms with Crippen molar-refractivity contribution in [1.82, 2.24) is 20.0 Å². The highest BCUT2D eigenvalue weighted by molar-refractivity contribution is 5.93. The monoisotopic (exact) mass is 408 g/mol. The van der Waals surface area contributed by atoms with Crippen molar-refractivity contribution in [1.29, 1.82) is 0 Å². The lowest BCUT2D eigenvalue weighted by Gasteiger charge is -2.27. The standard InChI is InChI=1S/C22H24N4O4/c1-25(12-15-7-9-23-24-15)20(27)18-17-6-8-22(30-17)13-26(21(28)19(18)22)11-14-4-3-5-16(10-14)29-2/h3-10,17-19H,11-13H2,1-2H3,(H,23,24)/t17-,18-,19+,22-/m0/s1. The van der Waals surface area contributed by atoms with Crippen LogP contribution in [-0.2, 0) is 27.4 Å². The van der Waals surface area contributed by atoms with Gasteiger partial charge in [0.15, 0.2) is 0 Å². The number of nitrogens with one attached hydrogen (secondary N) is 1. The van der Waals surface area contributed by atoms with Crippen molar-refractivity contribution in [2.24, 2.45) is 11.8 Å². The molecule has 156 valence electrons. The van der Waals surface area contributed by atoms with Gasteiger partial charge in [0.05, 0.1) is 43.8 Å². The number of carbonyl (C=O) groups is 2. The van der Waals surface area contributed by atoms with Crippen molar-refractivity contribution in [3.8, 4) is 5.75 Å². The first-order valence-electron chi connectivity index (χ1n) is 10.0. The lowest BCUT2D eigenvalue weighted by atomic mass is 9.76. The molecule has 8 heteroatoms. The van der Waals surface area contributed by atoms with Gasteiger partial charge in [-0.2, -0.15) is 5.10 Å². The van der Waals surface area contributed by atoms with E-state index in [0.717, 1.165) is 17.0 Å². The Labute approximate surface area is 174 Å². The number of aromatic nitrogens is 2. The van der Waals surface area contributed by atoms with Crippen LogP contribution in [0.15, 0.2) is 48.7 Å². The second kappa shape index (κ2) is 6.98. The van der Waals surface area contributed by atoms with Crippen molar-refractivity contribution < 1.29 is 19.1 Å². The van der Waals surface area contributed by atoms with Gasteiger partial charge >= 0.3 is 0 Å². The minimum absolute atomic E-state index is 0.0297. The number of benzene rings is 1. The van der Waals surface area contributed by atoms with Crippen LogP contribution in [0.5, 0.6) is 5.75 Å². The molecule has 2 aromatic rings. The Morgan fingerprint density at radius 2 is 2.30 bits per heavy atom. The molecule has 3 aliphatic heterocycles. The highest BCUT2D eigenvalue weighted by Gasteiger charge is 2.67. The van der Waals surface area contributed by atoms with Crippen LogP contribution >= 0.6 is 0 Å². The van der Waals surface area contributed by atoms with Crippen LogP contribution in [0.1, 0.15) is 11.3 Å². The molecule has 2 bridgehead atoms. The summed E-state index contributed by atoms with van der Waals surface area (Å²) in [5.41, 5.74) is 1.12. The SMILES string of the molecule is COc1cccc(CN2C[C@]34C=C[C@H](O3)[C@H](C(=O)N(C)Cc3ccn[nH]3)[C@@H]4C2=O)c1. The fourth-order valence-corrected chi connectivity index (χ4v) is 4.95. The molecule has 4 atom stereocenters. The van der Waals surface area contributed by atoms with Crippen molar-refractivity contribution in [3.63, 3.8) is 0 Å². The first kappa shape index (κ1) is 18.9. The lowest BCUT2D eigenvalue weighted by molar-refractivity contribution is -0.142. The van der Waals surface area contributed by atoms with Gasteiger partial charge in [-0.05, 0) is 23.8 Å². The predicted octanol–water partition coefficient (Wildman–Crippen LogP) is 1.36. The minimum atomic E-state index is -0.713. The van der Waals surface area contributed by atoms with Gasteiger partial charge in [-0.15, -0.1) is 0 Å². The van der Waals surface area contributed by atoms with E-state index < -0.39 is 17.4 Å². The Hall–Kier alpha value is -3.13. The number of H-pyrrole nitrogens is 1. The van der Waals surface area contributed by atoms with E-state index in [4.69, 9.17) is 9.47 Å². The molecule has 0 radical (unpaired) electrons. The number of likely N-dealkylation sites (tertiary alicyclic amines) is 1. The average Bonchev–Trinajstić information content (AvgIpc) is 3.51. The Balaban J connectivity index is 1.36. The van der Waals surface area contributed by atoms with E-state index in [0.29, 0.717) is 19.6 Å². The molecule has 0 aliphatic carbocycles. The van der Waals surface area contributed by atoms with E-state index in [1.165, 1.54) is 0 Å². The molecule has 30 heavy (non-hydrogen) atoms. The highest BCUT2D eigenvalue weighted by atomic mass is 16.5. The van der Waals surface area contributed by atoms with Gasteiger partial charge in [0.1, 0.15) is 11.4 Å². The Morgan fingerprint density at radius 1 is 1.43 bits per heavy atom. The molecule has 2 amide bonds. The lowest BCUT2D eigenvalue weighted by Crippen LogP contribution is -2.44. The third-order valence-electron chi connectivity index (χ3n) is 6.31. The van der Waals surface area contributed by atoms with Crippen molar-refractivity contribution >= 4 is 11.8 Å². The maximum Gasteiger partial charge on any atom is 0.230 e. The highest BCUT2D eigenvalue weighted by Crippen LogP contribution is 2.52. The number of aromatic amines is 1. The maximum atomic E-state index is 13.4. The molecule has 1 N–H and O–H groups in total. The summed E-state index contributed by atoms with van der Waals surface area (Å²) in [6.45, 7) is 1.32. The van der Waals surface area contributed by atoms with Crippen LogP contribution < -0.4 is 4.74 Å². The van der Waals surface area contributed by atoms with Crippen molar-refractivity contribution in [2.75, 3.05) is 20.7 Å². The van der Waals surface area contributed by atoms with Gasteiger partial charge in [-0.1, -0.05) is 24.3 Å². The number of methoxy groups -OCH3 is 1. The summed E-state index contributed by atoms with van der Waals surface area (Å²) in [6, 6.07) is 9.51. The third-order valence-corrected chi connectivity index (χ3v) is 6.31. The zero-order valence-corrected chi connectivity index (χ0v) is 16.9. The quantitative estimate of drug-likeness (QED) is 0.730. The molecule has 0 unspecified atom stereocenters. The minimum Gasteiger partial charge on any atom is -0.497 e. The molecular weight excluding hydrogens is 384 g/mol. The van der Waals surface area contributed by atoms with Gasteiger partial charge < -0.3 is 19.3 Å². The summed E-state index contributed by atoms with van der Waals surface area (Å²) in [7, 11) is 3.37. The molecule has 1 aromatic heterocycles. The topological polar surface area (TPSA) is 87.8 Å². The van der Waals surface area contributed by atoms with E-state index >= 15 is 0 Å². The van der Waals surface area contributed by atoms with Crippen LogP contribution in [-0.4, -0.2) is 64.2 Å². The Bertz CT molecular complexity index is 1000. The number of amides is 2. The molecule has 1 aromatic carbocycles. The molecular formula is C22H24N4O4. The smallest absolute Gasteiger partial charge is 0.230 e. The second-order valence-corrected chi connectivity index (χ2v) is 8.22.